The molecule has 0 bridgehead atoms. The lowest BCUT2D eigenvalue weighted by molar-refractivity contribution is 0.101. The molecule has 0 amide bonds. The summed E-state index contributed by atoms with van der Waals surface area (Å²) in [6, 6.07) is 28.7. The second kappa shape index (κ2) is 14.0. The van der Waals surface area contributed by atoms with Crippen LogP contribution in [0.1, 0.15) is 66.9 Å². The summed E-state index contributed by atoms with van der Waals surface area (Å²) in [5, 5.41) is 10.6. The van der Waals surface area contributed by atoms with Crippen LogP contribution in [0.2, 0.25) is 0 Å². The van der Waals surface area contributed by atoms with Gasteiger partial charge in [-0.05, 0) is 93.8 Å². The molecule has 1 atom stereocenters. The summed E-state index contributed by atoms with van der Waals surface area (Å²) in [4.78, 5) is 14.2. The number of carbonyl (C=O) groups is 1. The second-order valence-electron chi connectivity index (χ2n) is 10.6. The van der Waals surface area contributed by atoms with Crippen LogP contribution in [0.3, 0.4) is 0 Å². The van der Waals surface area contributed by atoms with Crippen molar-refractivity contribution >= 4 is 5.78 Å². The minimum absolute atomic E-state index is 0.0123. The molecule has 0 saturated carbocycles. The van der Waals surface area contributed by atoms with Crippen molar-refractivity contribution in [3.05, 3.63) is 95.6 Å². The molecule has 0 aromatic heterocycles. The van der Waals surface area contributed by atoms with Crippen molar-refractivity contribution in [3.8, 4) is 17.6 Å². The van der Waals surface area contributed by atoms with Gasteiger partial charge in [0.15, 0.2) is 17.3 Å². The Labute approximate surface area is 233 Å². The van der Waals surface area contributed by atoms with E-state index in [9.17, 15) is 10.1 Å². The molecule has 3 aromatic carbocycles. The molecule has 1 aliphatic heterocycles. The van der Waals surface area contributed by atoms with E-state index in [2.05, 4.69) is 35.2 Å². The van der Waals surface area contributed by atoms with Crippen LogP contribution in [0.5, 0.6) is 11.5 Å². The number of nitriles is 1. The molecule has 1 unspecified atom stereocenters. The van der Waals surface area contributed by atoms with E-state index >= 15 is 0 Å². The highest BCUT2D eigenvalue weighted by Crippen LogP contribution is 2.40. The first-order valence-corrected chi connectivity index (χ1v) is 14.1. The Morgan fingerprint density at radius 3 is 2.28 bits per heavy atom. The fraction of sp³-hybridized carbons (Fsp3) is 0.412. The van der Waals surface area contributed by atoms with Gasteiger partial charge in [0, 0.05) is 12.1 Å². The van der Waals surface area contributed by atoms with Gasteiger partial charge in [-0.3, -0.25) is 4.79 Å². The van der Waals surface area contributed by atoms with Gasteiger partial charge in [-0.2, -0.15) is 5.26 Å². The summed E-state index contributed by atoms with van der Waals surface area (Å²) in [6.07, 6.45) is 6.36. The van der Waals surface area contributed by atoms with Crippen LogP contribution in [0.4, 0.5) is 0 Å². The first-order valence-electron chi connectivity index (χ1n) is 14.1. The summed E-state index contributed by atoms with van der Waals surface area (Å²) in [6.45, 7) is 5.41. The van der Waals surface area contributed by atoms with Gasteiger partial charge >= 0.3 is 0 Å². The maximum Gasteiger partial charge on any atom is 0.161 e. The van der Waals surface area contributed by atoms with Crippen LogP contribution >= 0.6 is 0 Å². The van der Waals surface area contributed by atoms with E-state index in [1.807, 2.05) is 42.5 Å². The quantitative estimate of drug-likeness (QED) is 0.177. The Balaban J connectivity index is 1.28. The molecular formula is C34H40N2O3. The molecule has 0 aliphatic carbocycles. The third-order valence-corrected chi connectivity index (χ3v) is 7.87. The largest absolute Gasteiger partial charge is 0.493 e. The third-order valence-electron chi connectivity index (χ3n) is 7.87. The number of ketones is 1. The van der Waals surface area contributed by atoms with Crippen molar-refractivity contribution in [2.24, 2.45) is 5.92 Å². The van der Waals surface area contributed by atoms with Gasteiger partial charge in [0.25, 0.3) is 0 Å². The fourth-order valence-corrected chi connectivity index (χ4v) is 5.78. The van der Waals surface area contributed by atoms with Gasteiger partial charge < -0.3 is 14.4 Å². The van der Waals surface area contributed by atoms with Gasteiger partial charge in [0.1, 0.15) is 5.41 Å². The number of carbonyl (C=O) groups excluding carboxylic acids is 1. The molecule has 39 heavy (non-hydrogen) atoms. The van der Waals surface area contributed by atoms with Crippen LogP contribution in [0, 0.1) is 17.2 Å². The maximum atomic E-state index is 11.6. The van der Waals surface area contributed by atoms with E-state index in [0.29, 0.717) is 29.6 Å². The number of Topliss-reactive ketones (excluding diaryl/α,β-unsaturated/α-hetero) is 1. The Morgan fingerprint density at radius 2 is 1.67 bits per heavy atom. The van der Waals surface area contributed by atoms with E-state index in [-0.39, 0.29) is 5.78 Å². The highest BCUT2D eigenvalue weighted by Gasteiger charge is 2.38. The molecule has 0 N–H and O–H groups in total. The molecule has 3 aromatic rings. The number of likely N-dealkylation sites (tertiary alicyclic amines) is 1. The molecule has 0 radical (unpaired) electrons. The number of nitrogens with zero attached hydrogens (tertiary/aromatic N) is 2. The van der Waals surface area contributed by atoms with Gasteiger partial charge in [0.05, 0.1) is 19.8 Å². The molecule has 1 aliphatic rings. The van der Waals surface area contributed by atoms with Gasteiger partial charge in [-0.25, -0.2) is 0 Å². The van der Waals surface area contributed by atoms with Crippen molar-refractivity contribution in [1.82, 2.24) is 4.90 Å². The van der Waals surface area contributed by atoms with Crippen molar-refractivity contribution in [1.29, 1.82) is 5.26 Å². The standard InChI is InChI=1S/C34H40N2O3/c1-27(37)29-18-19-32(33(23-29)38-2)39-22-11-5-10-20-36-21-12-13-28(25-36)24-34(26-35,30-14-6-3-7-15-30)31-16-8-4-9-17-31/h3-4,6-9,14-19,23,28H,5,10-13,20-22,24-25H2,1-2H3. The molecule has 4 rings (SSSR count). The maximum absolute atomic E-state index is 11.6. The van der Waals surface area contributed by atoms with E-state index < -0.39 is 5.41 Å². The minimum Gasteiger partial charge on any atom is -0.493 e. The number of rotatable bonds is 13. The topological polar surface area (TPSA) is 62.6 Å². The van der Waals surface area contributed by atoms with E-state index in [1.54, 1.807) is 26.2 Å². The average molecular weight is 525 g/mol. The molecule has 204 valence electrons. The SMILES string of the molecule is COc1cc(C(C)=O)ccc1OCCCCCN1CCCC(CC(C#N)(c2ccccc2)c2ccccc2)C1. The third kappa shape index (κ3) is 7.28. The number of piperidine rings is 1. The number of ether oxygens (including phenoxy) is 2. The summed E-state index contributed by atoms with van der Waals surface area (Å²) < 4.78 is 11.3. The first kappa shape index (κ1) is 28.4. The Morgan fingerprint density at radius 1 is 0.974 bits per heavy atom. The zero-order valence-electron chi connectivity index (χ0n) is 23.3. The molecule has 0 spiro atoms. The van der Waals surface area contributed by atoms with Crippen LogP contribution in [0.25, 0.3) is 0 Å². The number of hydrogen-bond acceptors (Lipinski definition) is 5. The molecule has 1 fully saturated rings. The highest BCUT2D eigenvalue weighted by molar-refractivity contribution is 5.94. The highest BCUT2D eigenvalue weighted by atomic mass is 16.5. The molecule has 1 heterocycles. The predicted molar refractivity (Wildman–Crippen MR) is 155 cm³/mol. The van der Waals surface area contributed by atoms with Crippen LogP contribution < -0.4 is 9.47 Å². The zero-order valence-corrected chi connectivity index (χ0v) is 23.3. The van der Waals surface area contributed by atoms with Crippen molar-refractivity contribution in [3.63, 3.8) is 0 Å². The molecular weight excluding hydrogens is 484 g/mol. The van der Waals surface area contributed by atoms with E-state index in [0.717, 1.165) is 62.9 Å². The molecule has 5 nitrogen and oxygen atoms in total. The van der Waals surface area contributed by atoms with Crippen LogP contribution in [0.15, 0.2) is 78.9 Å². The number of hydrogen-bond donors (Lipinski definition) is 0. The first-order chi connectivity index (χ1) is 19.1. The summed E-state index contributed by atoms with van der Waals surface area (Å²) >= 11 is 0. The normalized spacial score (nSPS) is 15.9. The molecule has 5 heteroatoms. The zero-order chi connectivity index (χ0) is 27.5. The number of unbranched alkanes of at least 4 members (excludes halogenated alkanes) is 2. The van der Waals surface area contributed by atoms with E-state index in [1.165, 1.54) is 6.42 Å². The van der Waals surface area contributed by atoms with Gasteiger partial charge in [-0.15, -0.1) is 0 Å². The van der Waals surface area contributed by atoms with Gasteiger partial charge in [0.2, 0.25) is 0 Å². The predicted octanol–water partition coefficient (Wildman–Crippen LogP) is 7.06. The smallest absolute Gasteiger partial charge is 0.161 e. The number of methoxy groups -OCH3 is 1. The lowest BCUT2D eigenvalue weighted by Crippen LogP contribution is -2.39. The fourth-order valence-electron chi connectivity index (χ4n) is 5.78. The molecule has 1 saturated heterocycles. The van der Waals surface area contributed by atoms with Gasteiger partial charge in [-0.1, -0.05) is 60.7 Å². The Bertz CT molecular complexity index is 1200. The van der Waals surface area contributed by atoms with E-state index in [4.69, 9.17) is 9.47 Å². The van der Waals surface area contributed by atoms with Crippen LogP contribution in [-0.4, -0.2) is 44.0 Å². The Hall–Kier alpha value is -3.62. The lowest BCUT2D eigenvalue weighted by atomic mass is 9.69. The monoisotopic (exact) mass is 524 g/mol. The second-order valence-corrected chi connectivity index (χ2v) is 10.6. The minimum atomic E-state index is -0.628. The van der Waals surface area contributed by atoms with Crippen molar-refractivity contribution in [2.75, 3.05) is 33.4 Å². The average Bonchev–Trinajstić information content (AvgIpc) is 2.98. The lowest BCUT2D eigenvalue weighted by Gasteiger charge is -2.38. The van der Waals surface area contributed by atoms with Crippen LogP contribution in [-0.2, 0) is 5.41 Å². The number of benzene rings is 3. The van der Waals surface area contributed by atoms with Crippen molar-refractivity contribution in [2.45, 2.75) is 50.9 Å². The summed E-state index contributed by atoms with van der Waals surface area (Å²) in [5.41, 5.74) is 2.17. The summed E-state index contributed by atoms with van der Waals surface area (Å²) in [7, 11) is 1.60. The van der Waals surface area contributed by atoms with Crippen molar-refractivity contribution < 1.29 is 14.3 Å². The Kier molecular flexibility index (Phi) is 10.2. The summed E-state index contributed by atoms with van der Waals surface area (Å²) in [5.74, 6) is 1.77.